The number of ether oxygens (including phenoxy) is 2. The van der Waals surface area contributed by atoms with Crippen LogP contribution in [0, 0.1) is 6.92 Å². The number of sulfonamides is 1. The second kappa shape index (κ2) is 10.7. The van der Waals surface area contributed by atoms with Crippen molar-refractivity contribution >= 4 is 21.6 Å². The number of carbonyl (C=O) groups is 1. The molecule has 2 aromatic carbocycles. The summed E-state index contributed by atoms with van der Waals surface area (Å²) in [5, 5.41) is 2.81. The fourth-order valence-corrected chi connectivity index (χ4v) is 5.30. The van der Waals surface area contributed by atoms with Crippen LogP contribution in [0.4, 0.5) is 5.69 Å². The molecule has 0 saturated carbocycles. The number of para-hydroxylation sites is 1. The van der Waals surface area contributed by atoms with Crippen LogP contribution >= 0.6 is 0 Å². The molecule has 0 aromatic heterocycles. The van der Waals surface area contributed by atoms with Gasteiger partial charge in [0.2, 0.25) is 10.0 Å². The normalized spacial score (nSPS) is 14.9. The van der Waals surface area contributed by atoms with E-state index < -0.39 is 10.0 Å². The molecule has 0 unspecified atom stereocenters. The monoisotopic (exact) mass is 446 g/mol. The van der Waals surface area contributed by atoms with Crippen molar-refractivity contribution in [3.05, 3.63) is 53.6 Å². The Kier molecular flexibility index (Phi) is 8.06. The SMILES string of the molecule is CCOCCOc1ccccc1C(=O)Nc1ccc(C)c(S(=O)(=O)N2CCCCC2)c1. The lowest BCUT2D eigenvalue weighted by molar-refractivity contribution is 0.0998. The van der Waals surface area contributed by atoms with E-state index in [2.05, 4.69) is 5.32 Å². The molecule has 0 radical (unpaired) electrons. The predicted octanol–water partition coefficient (Wildman–Crippen LogP) is 3.84. The van der Waals surface area contributed by atoms with Gasteiger partial charge in [-0.05, 0) is 56.5 Å². The van der Waals surface area contributed by atoms with Gasteiger partial charge in [-0.3, -0.25) is 4.79 Å². The standard InChI is InChI=1S/C23H30N2O5S/c1-3-29-15-16-30-21-10-6-5-9-20(21)23(26)24-19-12-11-18(2)22(17-19)31(27,28)25-13-7-4-8-14-25/h5-6,9-12,17H,3-4,7-8,13-16H2,1-2H3,(H,24,26). The summed E-state index contributed by atoms with van der Waals surface area (Å²) in [6.07, 6.45) is 2.79. The fourth-order valence-electron chi connectivity index (χ4n) is 3.53. The molecule has 1 fully saturated rings. The molecule has 1 heterocycles. The van der Waals surface area contributed by atoms with Crippen LogP contribution in [0.5, 0.6) is 5.75 Å². The van der Waals surface area contributed by atoms with Crippen LogP contribution in [0.3, 0.4) is 0 Å². The first-order chi connectivity index (χ1) is 14.9. The van der Waals surface area contributed by atoms with Gasteiger partial charge in [-0.25, -0.2) is 8.42 Å². The van der Waals surface area contributed by atoms with Gasteiger partial charge in [0.15, 0.2) is 0 Å². The minimum absolute atomic E-state index is 0.230. The second-order valence-electron chi connectivity index (χ2n) is 7.44. The maximum atomic E-state index is 13.1. The topological polar surface area (TPSA) is 84.9 Å². The Morgan fingerprint density at radius 2 is 1.81 bits per heavy atom. The Labute approximate surface area is 184 Å². The van der Waals surface area contributed by atoms with Gasteiger partial charge < -0.3 is 14.8 Å². The number of hydrogen-bond acceptors (Lipinski definition) is 5. The zero-order chi connectivity index (χ0) is 22.3. The smallest absolute Gasteiger partial charge is 0.259 e. The summed E-state index contributed by atoms with van der Waals surface area (Å²) in [5.74, 6) is 0.0881. The number of anilines is 1. The summed E-state index contributed by atoms with van der Waals surface area (Å²) in [4.78, 5) is 13.1. The second-order valence-corrected chi connectivity index (χ2v) is 9.35. The van der Waals surface area contributed by atoms with Crippen LogP contribution in [0.1, 0.15) is 42.1 Å². The Morgan fingerprint density at radius 3 is 2.55 bits per heavy atom. The van der Waals surface area contributed by atoms with Crippen LogP contribution in [0.25, 0.3) is 0 Å². The van der Waals surface area contributed by atoms with Gasteiger partial charge in [-0.2, -0.15) is 4.31 Å². The average molecular weight is 447 g/mol. The van der Waals surface area contributed by atoms with Crippen LogP contribution < -0.4 is 10.1 Å². The molecular weight excluding hydrogens is 416 g/mol. The Bertz CT molecular complexity index is 1000. The van der Waals surface area contributed by atoms with Crippen molar-refractivity contribution in [1.29, 1.82) is 0 Å². The molecule has 1 aliphatic rings. The average Bonchev–Trinajstić information content (AvgIpc) is 2.78. The number of piperidine rings is 1. The maximum Gasteiger partial charge on any atom is 0.259 e. The van der Waals surface area contributed by atoms with Crippen molar-refractivity contribution in [2.24, 2.45) is 0 Å². The number of carbonyl (C=O) groups excluding carboxylic acids is 1. The highest BCUT2D eigenvalue weighted by Gasteiger charge is 2.27. The molecule has 1 N–H and O–H groups in total. The third kappa shape index (κ3) is 5.84. The van der Waals surface area contributed by atoms with E-state index in [-0.39, 0.29) is 10.8 Å². The van der Waals surface area contributed by atoms with Crippen LogP contribution in [0.2, 0.25) is 0 Å². The van der Waals surface area contributed by atoms with Crippen molar-refractivity contribution in [3.63, 3.8) is 0 Å². The number of aryl methyl sites for hydroxylation is 1. The summed E-state index contributed by atoms with van der Waals surface area (Å²) < 4.78 is 38.7. The molecular formula is C23H30N2O5S. The zero-order valence-electron chi connectivity index (χ0n) is 18.1. The molecule has 1 saturated heterocycles. The lowest BCUT2D eigenvalue weighted by Gasteiger charge is -2.26. The first-order valence-corrected chi connectivity index (χ1v) is 12.1. The number of nitrogens with one attached hydrogen (secondary N) is 1. The lowest BCUT2D eigenvalue weighted by atomic mass is 10.1. The van der Waals surface area contributed by atoms with Crippen molar-refractivity contribution in [2.75, 3.05) is 38.2 Å². The van der Waals surface area contributed by atoms with E-state index in [1.807, 2.05) is 6.92 Å². The highest BCUT2D eigenvalue weighted by atomic mass is 32.2. The van der Waals surface area contributed by atoms with Gasteiger partial charge >= 0.3 is 0 Å². The molecule has 31 heavy (non-hydrogen) atoms. The van der Waals surface area contributed by atoms with E-state index in [0.717, 1.165) is 19.3 Å². The van der Waals surface area contributed by atoms with Crippen LogP contribution in [0.15, 0.2) is 47.4 Å². The number of amides is 1. The third-order valence-electron chi connectivity index (χ3n) is 5.20. The third-order valence-corrected chi connectivity index (χ3v) is 7.24. The largest absolute Gasteiger partial charge is 0.490 e. The number of hydrogen-bond donors (Lipinski definition) is 1. The Morgan fingerprint density at radius 1 is 1.06 bits per heavy atom. The van der Waals surface area contributed by atoms with Crippen LogP contribution in [-0.4, -0.2) is 51.5 Å². The first kappa shape index (κ1) is 23.2. The van der Waals surface area contributed by atoms with Crippen LogP contribution in [-0.2, 0) is 14.8 Å². The van der Waals surface area contributed by atoms with Gasteiger partial charge in [0.05, 0.1) is 17.1 Å². The van der Waals surface area contributed by atoms with Crippen molar-refractivity contribution < 1.29 is 22.7 Å². The molecule has 0 bridgehead atoms. The molecule has 7 nitrogen and oxygen atoms in total. The molecule has 168 valence electrons. The number of nitrogens with zero attached hydrogens (tertiary/aromatic N) is 1. The van der Waals surface area contributed by atoms with Gasteiger partial charge in [0, 0.05) is 25.4 Å². The summed E-state index contributed by atoms with van der Waals surface area (Å²) in [6.45, 7) is 6.10. The minimum atomic E-state index is -3.60. The molecule has 8 heteroatoms. The molecule has 1 aliphatic heterocycles. The van der Waals surface area contributed by atoms with Crippen molar-refractivity contribution in [3.8, 4) is 5.75 Å². The lowest BCUT2D eigenvalue weighted by Crippen LogP contribution is -2.36. The summed E-state index contributed by atoms with van der Waals surface area (Å²) in [6, 6.07) is 11.9. The summed E-state index contributed by atoms with van der Waals surface area (Å²) >= 11 is 0. The zero-order valence-corrected chi connectivity index (χ0v) is 18.9. The minimum Gasteiger partial charge on any atom is -0.490 e. The Hall–Kier alpha value is -2.42. The van der Waals surface area contributed by atoms with E-state index in [1.165, 1.54) is 10.4 Å². The van der Waals surface area contributed by atoms with Gasteiger partial charge in [0.25, 0.3) is 5.91 Å². The number of rotatable bonds is 9. The number of benzene rings is 2. The van der Waals surface area contributed by atoms with E-state index in [9.17, 15) is 13.2 Å². The first-order valence-electron chi connectivity index (χ1n) is 10.6. The van der Waals surface area contributed by atoms with Gasteiger partial charge in [0.1, 0.15) is 12.4 Å². The molecule has 2 aromatic rings. The molecule has 1 amide bonds. The van der Waals surface area contributed by atoms with E-state index in [4.69, 9.17) is 9.47 Å². The van der Waals surface area contributed by atoms with Gasteiger partial charge in [-0.1, -0.05) is 24.6 Å². The molecule has 0 atom stereocenters. The van der Waals surface area contributed by atoms with E-state index >= 15 is 0 Å². The summed E-state index contributed by atoms with van der Waals surface area (Å²) in [7, 11) is -3.60. The fraction of sp³-hybridized carbons (Fsp3) is 0.435. The maximum absolute atomic E-state index is 13.1. The predicted molar refractivity (Wildman–Crippen MR) is 120 cm³/mol. The highest BCUT2D eigenvalue weighted by molar-refractivity contribution is 7.89. The molecule has 0 spiro atoms. The highest BCUT2D eigenvalue weighted by Crippen LogP contribution is 2.27. The van der Waals surface area contributed by atoms with Gasteiger partial charge in [-0.15, -0.1) is 0 Å². The molecule has 3 rings (SSSR count). The van der Waals surface area contributed by atoms with Crippen molar-refractivity contribution in [1.82, 2.24) is 4.31 Å². The Balaban J connectivity index is 1.78. The molecule has 0 aliphatic carbocycles. The van der Waals surface area contributed by atoms with E-state index in [1.54, 1.807) is 43.3 Å². The quantitative estimate of drug-likeness (QED) is 0.592. The van der Waals surface area contributed by atoms with Crippen molar-refractivity contribution in [2.45, 2.75) is 38.0 Å². The van der Waals surface area contributed by atoms with E-state index in [0.29, 0.717) is 55.5 Å². The summed E-state index contributed by atoms with van der Waals surface area (Å²) in [5.41, 5.74) is 1.46.